The summed E-state index contributed by atoms with van der Waals surface area (Å²) >= 11 is 1.14. The van der Waals surface area contributed by atoms with E-state index in [9.17, 15) is 4.79 Å². The number of pyridine rings is 1. The third-order valence-electron chi connectivity index (χ3n) is 2.72. The van der Waals surface area contributed by atoms with E-state index in [0.717, 1.165) is 23.0 Å². The van der Waals surface area contributed by atoms with Gasteiger partial charge in [-0.3, -0.25) is 14.3 Å². The fourth-order valence-electron chi connectivity index (χ4n) is 1.80. The van der Waals surface area contributed by atoms with E-state index >= 15 is 0 Å². The summed E-state index contributed by atoms with van der Waals surface area (Å²) in [5.74, 6) is -0.256. The summed E-state index contributed by atoms with van der Waals surface area (Å²) in [7, 11) is 1.62. The number of hydrogen-bond donors (Lipinski definition) is 1. The fraction of sp³-hybridized carbons (Fsp3) is 0.385. The molecule has 0 aliphatic rings. The average Bonchev–Trinajstić information content (AvgIpc) is 2.85. The molecule has 21 heavy (non-hydrogen) atoms. The highest BCUT2D eigenvalue weighted by Gasteiger charge is 2.15. The third kappa shape index (κ3) is 4.02. The molecule has 0 aromatic carbocycles. The predicted octanol–water partition coefficient (Wildman–Crippen LogP) is 1.47. The van der Waals surface area contributed by atoms with Crippen molar-refractivity contribution < 1.29 is 14.6 Å². The number of nitrogens with zero attached hydrogens (tertiary/aromatic N) is 4. The van der Waals surface area contributed by atoms with E-state index in [-0.39, 0.29) is 5.75 Å². The van der Waals surface area contributed by atoms with Crippen LogP contribution in [0.5, 0.6) is 0 Å². The van der Waals surface area contributed by atoms with Crippen LogP contribution in [0.3, 0.4) is 0 Å². The Kier molecular flexibility index (Phi) is 5.29. The van der Waals surface area contributed by atoms with E-state index in [1.165, 1.54) is 0 Å². The van der Waals surface area contributed by atoms with Crippen LogP contribution in [0, 0.1) is 6.92 Å². The normalized spacial score (nSPS) is 10.8. The highest BCUT2D eigenvalue weighted by molar-refractivity contribution is 7.99. The Balaban J connectivity index is 2.33. The highest BCUT2D eigenvalue weighted by atomic mass is 32.2. The molecule has 7 nitrogen and oxygen atoms in total. The molecule has 8 heteroatoms. The molecule has 1 N–H and O–H groups in total. The standard InChI is InChI=1S/C13H16N4O3S/c1-9-7-10(3-4-14-9)12-15-16-13(21-8-11(18)19)17(12)5-6-20-2/h3-4,7H,5-6,8H2,1-2H3,(H,18,19). The summed E-state index contributed by atoms with van der Waals surface area (Å²) in [6, 6.07) is 3.77. The minimum atomic E-state index is -0.886. The average molecular weight is 308 g/mol. The number of carbonyl (C=O) groups is 1. The van der Waals surface area contributed by atoms with Crippen LogP contribution in [-0.2, 0) is 16.1 Å². The molecule has 0 bridgehead atoms. The van der Waals surface area contributed by atoms with Crippen LogP contribution >= 0.6 is 11.8 Å². The van der Waals surface area contributed by atoms with Gasteiger partial charge in [-0.1, -0.05) is 11.8 Å². The zero-order valence-electron chi connectivity index (χ0n) is 11.8. The van der Waals surface area contributed by atoms with Gasteiger partial charge in [0.1, 0.15) is 0 Å². The second-order valence-corrected chi connectivity index (χ2v) is 5.26. The maximum Gasteiger partial charge on any atom is 0.313 e. The summed E-state index contributed by atoms with van der Waals surface area (Å²) in [4.78, 5) is 14.9. The van der Waals surface area contributed by atoms with Gasteiger partial charge in [0, 0.05) is 24.6 Å². The van der Waals surface area contributed by atoms with Crippen LogP contribution in [0.1, 0.15) is 5.69 Å². The van der Waals surface area contributed by atoms with E-state index in [0.29, 0.717) is 24.1 Å². The van der Waals surface area contributed by atoms with Gasteiger partial charge in [0.2, 0.25) is 0 Å². The Morgan fingerprint density at radius 3 is 2.95 bits per heavy atom. The lowest BCUT2D eigenvalue weighted by atomic mass is 10.2. The molecule has 0 aliphatic carbocycles. The molecular formula is C13H16N4O3S. The summed E-state index contributed by atoms with van der Waals surface area (Å²) in [6.07, 6.45) is 1.71. The minimum absolute atomic E-state index is 0.0551. The second kappa shape index (κ2) is 7.19. The number of methoxy groups -OCH3 is 1. The van der Waals surface area contributed by atoms with Crippen molar-refractivity contribution >= 4 is 17.7 Å². The molecule has 2 aromatic rings. The zero-order valence-corrected chi connectivity index (χ0v) is 12.6. The lowest BCUT2D eigenvalue weighted by Crippen LogP contribution is -2.09. The second-order valence-electron chi connectivity index (χ2n) is 4.32. The maximum atomic E-state index is 10.7. The van der Waals surface area contributed by atoms with Gasteiger partial charge in [0.25, 0.3) is 0 Å². The topological polar surface area (TPSA) is 90.1 Å². The molecule has 0 fully saturated rings. The van der Waals surface area contributed by atoms with Gasteiger partial charge in [0.05, 0.1) is 18.9 Å². The van der Waals surface area contributed by atoms with Crippen LogP contribution < -0.4 is 0 Å². The Bertz CT molecular complexity index is 630. The van der Waals surface area contributed by atoms with Gasteiger partial charge in [-0.25, -0.2) is 0 Å². The third-order valence-corrected chi connectivity index (χ3v) is 3.67. The van der Waals surface area contributed by atoms with Crippen LogP contribution in [0.2, 0.25) is 0 Å². The van der Waals surface area contributed by atoms with Gasteiger partial charge in [-0.15, -0.1) is 10.2 Å². The summed E-state index contributed by atoms with van der Waals surface area (Å²) in [6.45, 7) is 2.96. The Morgan fingerprint density at radius 2 is 2.29 bits per heavy atom. The minimum Gasteiger partial charge on any atom is -0.481 e. The molecule has 2 aromatic heterocycles. The first kappa shape index (κ1) is 15.5. The molecule has 112 valence electrons. The predicted molar refractivity (Wildman–Crippen MR) is 78.2 cm³/mol. The number of carboxylic acid groups (broad SMARTS) is 1. The van der Waals surface area contributed by atoms with Gasteiger partial charge >= 0.3 is 5.97 Å². The number of aliphatic carboxylic acids is 1. The summed E-state index contributed by atoms with van der Waals surface area (Å²) in [5.41, 5.74) is 1.78. The van der Waals surface area contributed by atoms with Crippen molar-refractivity contribution in [1.29, 1.82) is 0 Å². The molecule has 0 saturated heterocycles. The number of carboxylic acids is 1. The van der Waals surface area contributed by atoms with Gasteiger partial charge in [-0.2, -0.15) is 0 Å². The lowest BCUT2D eigenvalue weighted by molar-refractivity contribution is -0.133. The van der Waals surface area contributed by atoms with Gasteiger partial charge in [0.15, 0.2) is 11.0 Å². The monoisotopic (exact) mass is 308 g/mol. The Labute approximate surface area is 126 Å². The Hall–Kier alpha value is -1.93. The molecule has 0 aliphatic heterocycles. The Morgan fingerprint density at radius 1 is 1.48 bits per heavy atom. The summed E-state index contributed by atoms with van der Waals surface area (Å²) < 4.78 is 6.96. The van der Waals surface area contributed by atoms with Crippen molar-refractivity contribution in [2.75, 3.05) is 19.5 Å². The number of aryl methyl sites for hydroxylation is 1. The summed E-state index contributed by atoms with van der Waals surface area (Å²) in [5, 5.41) is 17.6. The smallest absolute Gasteiger partial charge is 0.313 e. The van der Waals surface area contributed by atoms with Crippen LogP contribution in [0.25, 0.3) is 11.4 Å². The first-order valence-corrected chi connectivity index (χ1v) is 7.30. The molecule has 0 saturated carbocycles. The fourth-order valence-corrected chi connectivity index (χ4v) is 2.49. The van der Waals surface area contributed by atoms with E-state index in [4.69, 9.17) is 9.84 Å². The van der Waals surface area contributed by atoms with Crippen LogP contribution in [0.4, 0.5) is 0 Å². The SMILES string of the molecule is COCCn1c(SCC(=O)O)nnc1-c1ccnc(C)c1. The van der Waals surface area contributed by atoms with Crippen molar-refractivity contribution in [1.82, 2.24) is 19.7 Å². The number of thioether (sulfide) groups is 1. The van der Waals surface area contributed by atoms with Crippen molar-refractivity contribution in [2.45, 2.75) is 18.6 Å². The first-order chi connectivity index (χ1) is 10.1. The number of ether oxygens (including phenoxy) is 1. The molecule has 0 spiro atoms. The lowest BCUT2D eigenvalue weighted by Gasteiger charge is -2.09. The van der Waals surface area contributed by atoms with Crippen molar-refractivity contribution in [3.8, 4) is 11.4 Å². The van der Waals surface area contributed by atoms with Crippen molar-refractivity contribution in [3.63, 3.8) is 0 Å². The zero-order chi connectivity index (χ0) is 15.2. The molecule has 2 heterocycles. The number of hydrogen-bond acceptors (Lipinski definition) is 6. The molecular weight excluding hydrogens is 292 g/mol. The number of rotatable bonds is 7. The van der Waals surface area contributed by atoms with Crippen molar-refractivity contribution in [3.05, 3.63) is 24.0 Å². The maximum absolute atomic E-state index is 10.7. The van der Waals surface area contributed by atoms with Crippen LogP contribution in [0.15, 0.2) is 23.5 Å². The van der Waals surface area contributed by atoms with E-state index in [1.807, 2.05) is 23.6 Å². The van der Waals surface area contributed by atoms with E-state index < -0.39 is 5.97 Å². The van der Waals surface area contributed by atoms with Gasteiger partial charge < -0.3 is 9.84 Å². The highest BCUT2D eigenvalue weighted by Crippen LogP contribution is 2.24. The molecule has 0 amide bonds. The van der Waals surface area contributed by atoms with Crippen molar-refractivity contribution in [2.24, 2.45) is 0 Å². The molecule has 0 unspecified atom stereocenters. The quantitative estimate of drug-likeness (QED) is 0.775. The molecule has 0 radical (unpaired) electrons. The molecule has 2 rings (SSSR count). The molecule has 0 atom stereocenters. The largest absolute Gasteiger partial charge is 0.481 e. The van der Waals surface area contributed by atoms with E-state index in [2.05, 4.69) is 15.2 Å². The van der Waals surface area contributed by atoms with E-state index in [1.54, 1.807) is 13.3 Å². The van der Waals surface area contributed by atoms with Crippen LogP contribution in [-0.4, -0.2) is 50.3 Å². The number of aromatic nitrogens is 4. The first-order valence-electron chi connectivity index (χ1n) is 6.31. The van der Waals surface area contributed by atoms with Gasteiger partial charge in [-0.05, 0) is 19.1 Å².